The minimum Gasteiger partial charge on any atom is -0.444 e. The molecule has 11 rings (SSSR count). The van der Waals surface area contributed by atoms with Crippen molar-refractivity contribution in [3.63, 3.8) is 0 Å². The summed E-state index contributed by atoms with van der Waals surface area (Å²) < 4.78 is 142. The van der Waals surface area contributed by atoms with Crippen molar-refractivity contribution in [1.29, 1.82) is 0 Å². The number of ether oxygens (including phenoxy) is 3. The van der Waals surface area contributed by atoms with Gasteiger partial charge in [-0.25, -0.2) is 22.8 Å². The molecule has 3 amide bonds. The number of carbonyl (C=O) groups excluding carboxylic acids is 3. The van der Waals surface area contributed by atoms with Crippen molar-refractivity contribution >= 4 is 68.3 Å². The second kappa shape index (κ2) is 29.0. The summed E-state index contributed by atoms with van der Waals surface area (Å²) in [6, 6.07) is 6.22. The molecule has 489 valence electrons. The molecule has 0 unspecified atom stereocenters. The van der Waals surface area contributed by atoms with Crippen molar-refractivity contribution in [2.75, 3.05) is 25.7 Å². The Bertz CT molecular complexity index is 2720. The van der Waals surface area contributed by atoms with Gasteiger partial charge in [-0.3, -0.25) is 4.18 Å². The molecule has 0 aromatic heterocycles. The Kier molecular flexibility index (Phi) is 25.8. The van der Waals surface area contributed by atoms with Gasteiger partial charge in [-0.15, -0.1) is 0 Å². The second-order valence-electron chi connectivity index (χ2n) is 26.7. The van der Waals surface area contributed by atoms with Gasteiger partial charge in [0, 0.05) is 47.7 Å². The number of carbonyl (C=O) groups is 3. The van der Waals surface area contributed by atoms with Crippen molar-refractivity contribution < 1.29 is 91.3 Å². The largest absolute Gasteiger partial charge is 0.444 e. The standard InChI is InChI=1S/C21H28F3NO5S.C14H25NO4.C14H25NO3.C7H4ClF3O2S.C2H6S.B/c1-18(2,3)30-17(26)25-20-11-8-19(9-12-20,10-13-20)14-29-31(27,28)16-6-4-15(5-7-16)21(22,23)24;1-12(2,3)19-11(18)15-14-7-4-13(5-8-14,6-9-14)10(16)17;1-12(2,3)18-11(17)15-14-7-4-13(10-16,5-8-14)6-9-14;8-14(12,13)6-3-1-5(2-4-6)7(9,10)11;1-3-2;/h4-7H,8-14H2,1-3H3,(H,25,26);10,16-17H,4-9H2,1-3H3,(H,15,18);16H,4-10H2,1-3H3,(H,15,17);1-4H;1-2H3;. The SMILES string of the molecule is CC(C)(C)OC(=O)NC12CCC(C(O)O)(CC1)CC2.CC(C)(C)OC(=O)NC12CCC(CO)(CC1)CC2.CC(C)(C)OC(=O)NC12CCC(COS(=O)(=O)c3ccc(C(F)(F)F)cc3)(CC1)CC2.CSC.O=S(=O)(Cl)c1ccc(C(F)(F)F)cc1.[B]. The molecular formula is C58H88BClF6N3O14S3. The highest BCUT2D eigenvalue weighted by atomic mass is 35.7. The van der Waals surface area contributed by atoms with Gasteiger partial charge in [0.2, 0.25) is 0 Å². The molecule has 17 nitrogen and oxygen atoms in total. The Morgan fingerprint density at radius 1 is 0.523 bits per heavy atom. The number of rotatable bonds is 10. The zero-order valence-electron chi connectivity index (χ0n) is 51.1. The summed E-state index contributed by atoms with van der Waals surface area (Å²) in [5, 5.41) is 37.6. The minimum atomic E-state index is -4.54. The molecule has 0 atom stereocenters. The van der Waals surface area contributed by atoms with Crippen molar-refractivity contribution in [3.05, 3.63) is 59.7 Å². The summed E-state index contributed by atoms with van der Waals surface area (Å²) in [7, 11) is -3.21. The van der Waals surface area contributed by atoms with Crippen LogP contribution < -0.4 is 16.0 Å². The molecule has 0 spiro atoms. The van der Waals surface area contributed by atoms with Crippen LogP contribution in [-0.4, -0.2) is 124 Å². The van der Waals surface area contributed by atoms with Crippen LogP contribution >= 0.6 is 22.4 Å². The maximum atomic E-state index is 12.7. The Balaban J connectivity index is 0.000000307. The Morgan fingerprint density at radius 3 is 1.03 bits per heavy atom. The maximum absolute atomic E-state index is 12.7. The van der Waals surface area contributed by atoms with E-state index in [0.717, 1.165) is 113 Å². The Morgan fingerprint density at radius 2 is 0.791 bits per heavy atom. The first kappa shape index (κ1) is 76.5. The van der Waals surface area contributed by atoms with E-state index in [1.165, 1.54) is 0 Å². The van der Waals surface area contributed by atoms with Gasteiger partial charge in [0.25, 0.3) is 19.2 Å². The Hall–Kier alpha value is -3.73. The molecule has 9 aliphatic carbocycles. The van der Waals surface area contributed by atoms with Crippen molar-refractivity contribution in [3.8, 4) is 0 Å². The number of alkyl halides is 6. The maximum Gasteiger partial charge on any atom is 0.416 e. The summed E-state index contributed by atoms with van der Waals surface area (Å²) in [6.45, 7) is 16.8. The first-order valence-corrected chi connectivity index (χ1v) is 33.7. The first-order chi connectivity index (χ1) is 38.7. The highest BCUT2D eigenvalue weighted by Crippen LogP contribution is 2.55. The molecule has 0 heterocycles. The molecule has 2 aromatic rings. The van der Waals surface area contributed by atoms with Crippen LogP contribution in [0.25, 0.3) is 0 Å². The van der Waals surface area contributed by atoms with E-state index in [-0.39, 0.29) is 76.5 Å². The van der Waals surface area contributed by atoms with Crippen LogP contribution in [0.15, 0.2) is 58.3 Å². The van der Waals surface area contributed by atoms with Crippen molar-refractivity contribution in [2.24, 2.45) is 16.2 Å². The number of nitrogens with one attached hydrogen (secondary N) is 3. The van der Waals surface area contributed by atoms with E-state index < -0.39 is 71.8 Å². The lowest BCUT2D eigenvalue weighted by molar-refractivity contribution is -0.176. The van der Waals surface area contributed by atoms with Crippen LogP contribution in [0.2, 0.25) is 0 Å². The molecule has 9 aliphatic rings. The average Bonchev–Trinajstić information content (AvgIpc) is 0.992. The van der Waals surface area contributed by atoms with E-state index in [1.54, 1.807) is 32.5 Å². The van der Waals surface area contributed by atoms with Crippen LogP contribution in [0.3, 0.4) is 0 Å². The van der Waals surface area contributed by atoms with E-state index >= 15 is 0 Å². The monoisotopic (exact) mass is 1310 g/mol. The molecule has 0 saturated heterocycles. The van der Waals surface area contributed by atoms with Gasteiger partial charge in [0.15, 0.2) is 6.29 Å². The fraction of sp³-hybridized carbons (Fsp3) is 0.741. The van der Waals surface area contributed by atoms with Crippen molar-refractivity contribution in [2.45, 2.75) is 240 Å². The van der Waals surface area contributed by atoms with E-state index in [0.29, 0.717) is 50.7 Å². The third kappa shape index (κ3) is 22.6. The number of hydrogen-bond donors (Lipinski definition) is 6. The van der Waals surface area contributed by atoms with Crippen LogP contribution in [0, 0.1) is 16.2 Å². The number of aliphatic hydroxyl groups is 3. The molecule has 2 aromatic carbocycles. The predicted molar refractivity (Wildman–Crippen MR) is 316 cm³/mol. The summed E-state index contributed by atoms with van der Waals surface area (Å²) >= 11 is 1.75. The molecule has 0 aliphatic heterocycles. The van der Waals surface area contributed by atoms with E-state index in [4.69, 9.17) is 29.1 Å². The first-order valence-electron chi connectivity index (χ1n) is 28.3. The number of benzene rings is 2. The number of fused-ring (bicyclic) bond motifs is 9. The van der Waals surface area contributed by atoms with Crippen molar-refractivity contribution in [1.82, 2.24) is 16.0 Å². The van der Waals surface area contributed by atoms with Gasteiger partial charge in [0.05, 0.1) is 27.5 Å². The quantitative estimate of drug-likeness (QED) is 0.0323. The number of aliphatic hydroxyl groups excluding tert-OH is 2. The molecule has 6 bridgehead atoms. The molecule has 3 radical (unpaired) electrons. The lowest BCUT2D eigenvalue weighted by Gasteiger charge is -2.54. The van der Waals surface area contributed by atoms with Crippen LogP contribution in [0.4, 0.5) is 40.7 Å². The summed E-state index contributed by atoms with van der Waals surface area (Å²) in [6.07, 6.45) is 7.40. The topological polar surface area (TPSA) is 253 Å². The summed E-state index contributed by atoms with van der Waals surface area (Å²) in [5.41, 5.74) is -4.54. The zero-order valence-corrected chi connectivity index (χ0v) is 54.3. The number of halogens is 7. The van der Waals surface area contributed by atoms with Crippen LogP contribution in [0.1, 0.15) is 189 Å². The van der Waals surface area contributed by atoms with Gasteiger partial charge in [-0.1, -0.05) is 0 Å². The third-order valence-corrected chi connectivity index (χ3v) is 19.4. The normalized spacial score (nSPS) is 26.9. The minimum absolute atomic E-state index is 0. The van der Waals surface area contributed by atoms with Gasteiger partial charge in [-0.2, -0.15) is 46.5 Å². The molecule has 86 heavy (non-hydrogen) atoms. The zero-order chi connectivity index (χ0) is 64.6. The van der Waals surface area contributed by atoms with Crippen LogP contribution in [0.5, 0.6) is 0 Å². The molecule has 6 N–H and O–H groups in total. The number of hydrogen-bond acceptors (Lipinski definition) is 15. The number of amides is 3. The van der Waals surface area contributed by atoms with E-state index in [2.05, 4.69) is 16.0 Å². The summed E-state index contributed by atoms with van der Waals surface area (Å²) in [5.74, 6) is 0. The highest BCUT2D eigenvalue weighted by Gasteiger charge is 2.54. The predicted octanol–water partition coefficient (Wildman–Crippen LogP) is 12.8. The second-order valence-corrected chi connectivity index (χ2v) is 31.7. The van der Waals surface area contributed by atoms with E-state index in [1.807, 2.05) is 54.1 Å². The number of alkyl carbamates (subject to hydrolysis) is 3. The molecule has 28 heteroatoms. The fourth-order valence-corrected chi connectivity index (χ4v) is 13.4. The van der Waals surface area contributed by atoms with E-state index in [9.17, 15) is 72.9 Å². The van der Waals surface area contributed by atoms with Gasteiger partial charge >= 0.3 is 30.6 Å². The van der Waals surface area contributed by atoms with Gasteiger partial charge < -0.3 is 45.5 Å². The van der Waals surface area contributed by atoms with Gasteiger partial charge in [-0.05, 0) is 250 Å². The summed E-state index contributed by atoms with van der Waals surface area (Å²) in [4.78, 5) is 35.3. The lowest BCUT2D eigenvalue weighted by Crippen LogP contribution is -2.59. The smallest absolute Gasteiger partial charge is 0.416 e. The number of thioether (sulfide) groups is 1. The average molecular weight is 1310 g/mol. The molecule has 9 saturated carbocycles. The van der Waals surface area contributed by atoms with Gasteiger partial charge in [0.1, 0.15) is 16.8 Å². The lowest BCUT2D eigenvalue weighted by atomic mass is 9.57. The molecular weight excluding hydrogens is 1220 g/mol. The highest BCUT2D eigenvalue weighted by molar-refractivity contribution is 8.13. The fourth-order valence-electron chi connectivity index (χ4n) is 11.6. The molecule has 9 fully saturated rings. The third-order valence-electron chi connectivity index (χ3n) is 16.7. The van der Waals surface area contributed by atoms with Crippen LogP contribution in [-0.2, 0) is 49.9 Å². The Labute approximate surface area is 514 Å².